The summed E-state index contributed by atoms with van der Waals surface area (Å²) in [5.41, 5.74) is 2.15. The first kappa shape index (κ1) is 23.4. The summed E-state index contributed by atoms with van der Waals surface area (Å²) in [6.07, 6.45) is 0. The van der Waals surface area contributed by atoms with Gasteiger partial charge >= 0.3 is 0 Å². The van der Waals surface area contributed by atoms with Gasteiger partial charge in [0.15, 0.2) is 11.6 Å². The molecule has 1 unspecified atom stereocenters. The quantitative estimate of drug-likeness (QED) is 0.526. The highest BCUT2D eigenvalue weighted by Crippen LogP contribution is 2.25. The molecule has 0 aliphatic heterocycles. The molecule has 0 aliphatic rings. The van der Waals surface area contributed by atoms with Gasteiger partial charge < -0.3 is 4.90 Å². The zero-order valence-corrected chi connectivity index (χ0v) is 19.0. The third kappa shape index (κ3) is 4.65. The number of halogens is 2. The molecule has 0 bridgehead atoms. The number of hydrogen-bond acceptors (Lipinski definition) is 3. The molecule has 0 aromatic heterocycles. The van der Waals surface area contributed by atoms with Crippen LogP contribution in [-0.4, -0.2) is 33.3 Å². The molecule has 1 atom stereocenters. The molecular formula is C24H24F2N2O3S. The maximum absolute atomic E-state index is 13.6. The third-order valence-corrected chi connectivity index (χ3v) is 7.28. The van der Waals surface area contributed by atoms with Gasteiger partial charge in [-0.15, -0.1) is 0 Å². The van der Waals surface area contributed by atoms with Gasteiger partial charge in [0.1, 0.15) is 0 Å². The molecule has 3 rings (SSSR count). The number of amides is 1. The van der Waals surface area contributed by atoms with E-state index in [9.17, 15) is 22.0 Å². The summed E-state index contributed by atoms with van der Waals surface area (Å²) in [5.74, 6) is -2.26. The monoisotopic (exact) mass is 458 g/mol. The lowest BCUT2D eigenvalue weighted by atomic mass is 10.1. The highest BCUT2D eigenvalue weighted by molar-refractivity contribution is 7.92. The minimum Gasteiger partial charge on any atom is -0.335 e. The van der Waals surface area contributed by atoms with E-state index >= 15 is 0 Å². The van der Waals surface area contributed by atoms with Crippen molar-refractivity contribution in [2.45, 2.75) is 24.8 Å². The standard InChI is InChI=1S/C24H24F2N2O3S/c1-16-5-12-21(13-6-16)32(30,31)28(4)20-10-7-18(8-11-20)24(29)27(3)17(2)19-9-14-22(25)23(26)15-19/h5-15,17H,1-4H3. The average Bonchev–Trinajstić information content (AvgIpc) is 2.79. The maximum atomic E-state index is 13.6. The Labute approximate surface area is 187 Å². The second-order valence-electron chi connectivity index (χ2n) is 7.60. The predicted octanol–water partition coefficient (Wildman–Crippen LogP) is 4.93. The highest BCUT2D eigenvalue weighted by atomic mass is 32.2. The molecule has 1 amide bonds. The number of sulfonamides is 1. The van der Waals surface area contributed by atoms with Gasteiger partial charge in [0, 0.05) is 19.7 Å². The van der Waals surface area contributed by atoms with E-state index in [-0.39, 0.29) is 10.8 Å². The van der Waals surface area contributed by atoms with E-state index in [1.165, 1.54) is 30.1 Å². The summed E-state index contributed by atoms with van der Waals surface area (Å²) in [6, 6.07) is 15.8. The van der Waals surface area contributed by atoms with Crippen LogP contribution in [-0.2, 0) is 10.0 Å². The van der Waals surface area contributed by atoms with Crippen LogP contribution in [0.4, 0.5) is 14.5 Å². The van der Waals surface area contributed by atoms with Crippen LogP contribution in [0.25, 0.3) is 0 Å². The molecule has 5 nitrogen and oxygen atoms in total. The Bertz CT molecular complexity index is 1230. The minimum atomic E-state index is -3.74. The Morgan fingerprint density at radius 1 is 0.875 bits per heavy atom. The van der Waals surface area contributed by atoms with Gasteiger partial charge in [-0.3, -0.25) is 9.10 Å². The summed E-state index contributed by atoms with van der Waals surface area (Å²) < 4.78 is 53.6. The van der Waals surface area contributed by atoms with Crippen molar-refractivity contribution in [3.63, 3.8) is 0 Å². The Morgan fingerprint density at radius 3 is 2.03 bits per heavy atom. The molecule has 0 N–H and O–H groups in total. The van der Waals surface area contributed by atoms with Crippen LogP contribution in [0.2, 0.25) is 0 Å². The van der Waals surface area contributed by atoms with Gasteiger partial charge in [-0.05, 0) is 67.9 Å². The molecule has 3 aromatic carbocycles. The van der Waals surface area contributed by atoms with Crippen LogP contribution in [0, 0.1) is 18.6 Å². The topological polar surface area (TPSA) is 57.7 Å². The SMILES string of the molecule is Cc1ccc(S(=O)(=O)N(C)c2ccc(C(=O)N(C)C(C)c3ccc(F)c(F)c3)cc2)cc1. The summed E-state index contributed by atoms with van der Waals surface area (Å²) in [6.45, 7) is 3.58. The fourth-order valence-corrected chi connectivity index (χ4v) is 4.39. The molecular weight excluding hydrogens is 434 g/mol. The highest BCUT2D eigenvalue weighted by Gasteiger charge is 2.23. The lowest BCUT2D eigenvalue weighted by molar-refractivity contribution is 0.0742. The van der Waals surface area contributed by atoms with Crippen LogP contribution in [0.5, 0.6) is 0 Å². The molecule has 168 valence electrons. The number of aryl methyl sites for hydroxylation is 1. The molecule has 32 heavy (non-hydrogen) atoms. The van der Waals surface area contributed by atoms with E-state index in [2.05, 4.69) is 0 Å². The van der Waals surface area contributed by atoms with Gasteiger partial charge in [0.05, 0.1) is 16.6 Å². The van der Waals surface area contributed by atoms with E-state index in [4.69, 9.17) is 0 Å². The summed E-state index contributed by atoms with van der Waals surface area (Å²) in [4.78, 5) is 14.5. The summed E-state index contributed by atoms with van der Waals surface area (Å²) in [5, 5.41) is 0. The maximum Gasteiger partial charge on any atom is 0.264 e. The van der Waals surface area contributed by atoms with Gasteiger partial charge in [-0.25, -0.2) is 17.2 Å². The number of nitrogens with zero attached hydrogens (tertiary/aromatic N) is 2. The van der Waals surface area contributed by atoms with Crippen LogP contribution < -0.4 is 4.31 Å². The Kier molecular flexibility index (Phi) is 6.64. The fraction of sp³-hybridized carbons (Fsp3) is 0.208. The van der Waals surface area contributed by atoms with Gasteiger partial charge in [0.2, 0.25) is 0 Å². The second-order valence-corrected chi connectivity index (χ2v) is 9.57. The molecule has 0 fully saturated rings. The van der Waals surface area contributed by atoms with Crippen molar-refractivity contribution >= 4 is 21.6 Å². The smallest absolute Gasteiger partial charge is 0.264 e. The van der Waals surface area contributed by atoms with Crippen molar-refractivity contribution in [1.29, 1.82) is 0 Å². The van der Waals surface area contributed by atoms with Crippen molar-refractivity contribution < 1.29 is 22.0 Å². The van der Waals surface area contributed by atoms with Crippen molar-refractivity contribution in [1.82, 2.24) is 4.90 Å². The van der Waals surface area contributed by atoms with Gasteiger partial charge in [0.25, 0.3) is 15.9 Å². The fourth-order valence-electron chi connectivity index (χ4n) is 3.20. The molecule has 0 aliphatic carbocycles. The first-order valence-corrected chi connectivity index (χ1v) is 11.3. The van der Waals surface area contributed by atoms with Crippen molar-refractivity contribution in [2.24, 2.45) is 0 Å². The molecule has 0 heterocycles. The normalized spacial score (nSPS) is 12.3. The van der Waals surface area contributed by atoms with E-state index < -0.39 is 27.7 Å². The van der Waals surface area contributed by atoms with Crippen molar-refractivity contribution in [3.05, 3.63) is 95.1 Å². The van der Waals surface area contributed by atoms with E-state index in [0.717, 1.165) is 22.0 Å². The van der Waals surface area contributed by atoms with E-state index in [1.807, 2.05) is 6.92 Å². The van der Waals surface area contributed by atoms with E-state index in [1.54, 1.807) is 50.4 Å². The Hall–Kier alpha value is -3.26. The zero-order valence-electron chi connectivity index (χ0n) is 18.2. The number of carbonyl (C=O) groups excluding carboxylic acids is 1. The van der Waals surface area contributed by atoms with Crippen molar-refractivity contribution in [3.8, 4) is 0 Å². The number of carbonyl (C=O) groups is 1. The van der Waals surface area contributed by atoms with E-state index in [0.29, 0.717) is 16.8 Å². The summed E-state index contributed by atoms with van der Waals surface area (Å²) in [7, 11) is -0.730. The molecule has 0 spiro atoms. The van der Waals surface area contributed by atoms with Gasteiger partial charge in [-0.1, -0.05) is 23.8 Å². The Morgan fingerprint density at radius 2 is 1.47 bits per heavy atom. The largest absolute Gasteiger partial charge is 0.335 e. The lowest BCUT2D eigenvalue weighted by Gasteiger charge is -2.26. The lowest BCUT2D eigenvalue weighted by Crippen LogP contribution is -2.30. The van der Waals surface area contributed by atoms with Gasteiger partial charge in [-0.2, -0.15) is 0 Å². The number of hydrogen-bond donors (Lipinski definition) is 0. The predicted molar refractivity (Wildman–Crippen MR) is 120 cm³/mol. The first-order chi connectivity index (χ1) is 15.0. The average molecular weight is 459 g/mol. The zero-order chi connectivity index (χ0) is 23.6. The van der Waals surface area contributed by atoms with Crippen LogP contribution in [0.1, 0.15) is 34.5 Å². The molecule has 0 saturated carbocycles. The second kappa shape index (κ2) is 9.08. The minimum absolute atomic E-state index is 0.172. The molecule has 3 aromatic rings. The number of anilines is 1. The summed E-state index contributed by atoms with van der Waals surface area (Å²) >= 11 is 0. The van der Waals surface area contributed by atoms with Crippen molar-refractivity contribution in [2.75, 3.05) is 18.4 Å². The third-order valence-electron chi connectivity index (χ3n) is 5.48. The molecule has 0 radical (unpaired) electrons. The van der Waals surface area contributed by atoms with Crippen LogP contribution in [0.3, 0.4) is 0 Å². The molecule has 0 saturated heterocycles. The van der Waals surface area contributed by atoms with Crippen LogP contribution >= 0.6 is 0 Å². The number of rotatable bonds is 6. The Balaban J connectivity index is 1.78. The first-order valence-electron chi connectivity index (χ1n) is 9.90. The van der Waals surface area contributed by atoms with Crippen LogP contribution in [0.15, 0.2) is 71.6 Å². The molecule has 8 heteroatoms. The number of benzene rings is 3.